The van der Waals surface area contributed by atoms with Crippen molar-refractivity contribution in [2.75, 3.05) is 38.8 Å². The van der Waals surface area contributed by atoms with Gasteiger partial charge in [0, 0.05) is 31.4 Å². The number of piperazine rings is 1. The quantitative estimate of drug-likeness (QED) is 0.411. The number of methoxy groups -OCH3 is 2. The zero-order chi connectivity index (χ0) is 26.6. The zero-order valence-electron chi connectivity index (χ0n) is 21.5. The van der Waals surface area contributed by atoms with E-state index in [2.05, 4.69) is 4.90 Å². The van der Waals surface area contributed by atoms with Gasteiger partial charge >= 0.3 is 10.1 Å². The van der Waals surface area contributed by atoms with E-state index in [4.69, 9.17) is 13.7 Å². The van der Waals surface area contributed by atoms with Crippen LogP contribution in [0, 0.1) is 6.92 Å². The van der Waals surface area contributed by atoms with Crippen LogP contribution >= 0.6 is 0 Å². The number of rotatable bonds is 8. The number of anilines is 1. The third-order valence-electron chi connectivity index (χ3n) is 6.47. The molecule has 0 aromatic heterocycles. The monoisotopic (exact) mass is 524 g/mol. The standard InChI is InChI=1S/C28H32N2O6S/c1-20-5-12-25(13-6-20)37(32,33)36-24-10-8-23(9-11-24)29-15-16-30(21(2)19-29)28(31)18-22-7-14-26(34-3)27(17-22)35-4/h5-14,17,21H,15-16,18-19H2,1-4H3/t21-/m1/s1. The third-order valence-corrected chi connectivity index (χ3v) is 7.73. The minimum absolute atomic E-state index is 0.0132. The fourth-order valence-electron chi connectivity index (χ4n) is 4.42. The van der Waals surface area contributed by atoms with Gasteiger partial charge < -0.3 is 23.5 Å². The molecule has 0 unspecified atom stereocenters. The molecular formula is C28H32N2O6S. The molecule has 3 aromatic carbocycles. The van der Waals surface area contributed by atoms with Gasteiger partial charge in [-0.25, -0.2) is 0 Å². The fraction of sp³-hybridized carbons (Fsp3) is 0.321. The van der Waals surface area contributed by atoms with Crippen LogP contribution in [-0.2, 0) is 21.3 Å². The van der Waals surface area contributed by atoms with Crippen LogP contribution in [0.2, 0.25) is 0 Å². The number of ether oxygens (including phenoxy) is 2. The van der Waals surface area contributed by atoms with Gasteiger partial charge in [-0.1, -0.05) is 23.8 Å². The first kappa shape index (κ1) is 26.3. The van der Waals surface area contributed by atoms with Crippen LogP contribution in [0.25, 0.3) is 0 Å². The molecular weight excluding hydrogens is 492 g/mol. The van der Waals surface area contributed by atoms with Crippen LogP contribution in [0.1, 0.15) is 18.1 Å². The SMILES string of the molecule is COc1ccc(CC(=O)N2CCN(c3ccc(OS(=O)(=O)c4ccc(C)cc4)cc3)C[C@H]2C)cc1OC. The maximum atomic E-state index is 13.1. The van der Waals surface area contributed by atoms with E-state index in [1.165, 1.54) is 12.1 Å². The molecule has 8 nitrogen and oxygen atoms in total. The minimum atomic E-state index is -3.90. The summed E-state index contributed by atoms with van der Waals surface area (Å²) < 4.78 is 41.1. The summed E-state index contributed by atoms with van der Waals surface area (Å²) in [4.78, 5) is 17.3. The van der Waals surface area contributed by atoms with Crippen molar-refractivity contribution in [1.29, 1.82) is 0 Å². The van der Waals surface area contributed by atoms with E-state index in [1.54, 1.807) is 38.5 Å². The number of aryl methyl sites for hydroxylation is 1. The molecule has 1 fully saturated rings. The lowest BCUT2D eigenvalue weighted by Crippen LogP contribution is -2.54. The Kier molecular flexibility index (Phi) is 7.92. The van der Waals surface area contributed by atoms with Crippen molar-refractivity contribution < 1.29 is 26.9 Å². The molecule has 1 amide bonds. The molecule has 0 bridgehead atoms. The van der Waals surface area contributed by atoms with E-state index in [9.17, 15) is 13.2 Å². The van der Waals surface area contributed by atoms with E-state index in [0.29, 0.717) is 31.1 Å². The van der Waals surface area contributed by atoms with Crippen molar-refractivity contribution in [2.45, 2.75) is 31.2 Å². The molecule has 1 aliphatic heterocycles. The molecule has 1 saturated heterocycles. The Hall–Kier alpha value is -3.72. The number of hydrogen-bond acceptors (Lipinski definition) is 7. The second-order valence-corrected chi connectivity index (χ2v) is 10.6. The molecule has 196 valence electrons. The first-order chi connectivity index (χ1) is 17.7. The highest BCUT2D eigenvalue weighted by molar-refractivity contribution is 7.87. The Balaban J connectivity index is 1.36. The summed E-state index contributed by atoms with van der Waals surface area (Å²) in [5, 5.41) is 0. The molecule has 1 aliphatic rings. The van der Waals surface area contributed by atoms with E-state index in [0.717, 1.165) is 16.8 Å². The van der Waals surface area contributed by atoms with Crippen molar-refractivity contribution in [3.05, 3.63) is 77.9 Å². The molecule has 0 spiro atoms. The average molecular weight is 525 g/mol. The first-order valence-corrected chi connectivity index (χ1v) is 13.5. The van der Waals surface area contributed by atoms with E-state index >= 15 is 0 Å². The third kappa shape index (κ3) is 6.17. The van der Waals surface area contributed by atoms with E-state index in [-0.39, 0.29) is 29.0 Å². The topological polar surface area (TPSA) is 85.4 Å². The van der Waals surface area contributed by atoms with Gasteiger partial charge in [-0.3, -0.25) is 4.79 Å². The summed E-state index contributed by atoms with van der Waals surface area (Å²) in [6.07, 6.45) is 0.284. The predicted molar refractivity (Wildman–Crippen MR) is 142 cm³/mol. The van der Waals surface area contributed by atoms with Crippen LogP contribution in [0.3, 0.4) is 0 Å². The van der Waals surface area contributed by atoms with Gasteiger partial charge in [-0.05, 0) is 67.9 Å². The summed E-state index contributed by atoms with van der Waals surface area (Å²) >= 11 is 0. The van der Waals surface area contributed by atoms with Gasteiger partial charge in [0.05, 0.1) is 20.6 Å². The van der Waals surface area contributed by atoms with Crippen molar-refractivity contribution >= 4 is 21.7 Å². The first-order valence-electron chi connectivity index (χ1n) is 12.1. The Bertz CT molecular complexity index is 1340. The Morgan fingerprint density at radius 1 is 0.919 bits per heavy atom. The van der Waals surface area contributed by atoms with Crippen molar-refractivity contribution in [1.82, 2.24) is 4.90 Å². The normalized spacial score (nSPS) is 15.8. The molecule has 37 heavy (non-hydrogen) atoms. The largest absolute Gasteiger partial charge is 0.493 e. The highest BCUT2D eigenvalue weighted by atomic mass is 32.2. The Morgan fingerprint density at radius 3 is 2.22 bits per heavy atom. The lowest BCUT2D eigenvalue weighted by Gasteiger charge is -2.41. The summed E-state index contributed by atoms with van der Waals surface area (Å²) in [7, 11) is -0.744. The van der Waals surface area contributed by atoms with E-state index < -0.39 is 10.1 Å². The van der Waals surface area contributed by atoms with Crippen LogP contribution < -0.4 is 18.6 Å². The Morgan fingerprint density at radius 2 is 1.59 bits per heavy atom. The maximum absolute atomic E-state index is 13.1. The molecule has 0 N–H and O–H groups in total. The average Bonchev–Trinajstić information content (AvgIpc) is 2.89. The van der Waals surface area contributed by atoms with Crippen molar-refractivity contribution in [3.8, 4) is 17.2 Å². The number of benzene rings is 3. The molecule has 1 atom stereocenters. The summed E-state index contributed by atoms with van der Waals surface area (Å²) in [5.74, 6) is 1.54. The van der Waals surface area contributed by atoms with Crippen LogP contribution in [-0.4, -0.2) is 59.1 Å². The molecule has 3 aromatic rings. The highest BCUT2D eigenvalue weighted by Gasteiger charge is 2.28. The van der Waals surface area contributed by atoms with Crippen molar-refractivity contribution in [3.63, 3.8) is 0 Å². The molecule has 9 heteroatoms. The van der Waals surface area contributed by atoms with Gasteiger partial charge in [-0.15, -0.1) is 0 Å². The number of amides is 1. The number of hydrogen-bond donors (Lipinski definition) is 0. The molecule has 0 aliphatic carbocycles. The fourth-order valence-corrected chi connectivity index (χ4v) is 5.35. The van der Waals surface area contributed by atoms with Gasteiger partial charge in [0.1, 0.15) is 10.6 Å². The maximum Gasteiger partial charge on any atom is 0.339 e. The van der Waals surface area contributed by atoms with Crippen LogP contribution in [0.15, 0.2) is 71.6 Å². The highest BCUT2D eigenvalue weighted by Crippen LogP contribution is 2.29. The zero-order valence-corrected chi connectivity index (χ0v) is 22.3. The minimum Gasteiger partial charge on any atom is -0.493 e. The van der Waals surface area contributed by atoms with Gasteiger partial charge in [0.2, 0.25) is 5.91 Å². The number of carbonyl (C=O) groups is 1. The predicted octanol–water partition coefficient (Wildman–Crippen LogP) is 4.06. The van der Waals surface area contributed by atoms with Crippen LogP contribution in [0.5, 0.6) is 17.2 Å². The number of carbonyl (C=O) groups excluding carboxylic acids is 1. The van der Waals surface area contributed by atoms with Crippen LogP contribution in [0.4, 0.5) is 5.69 Å². The molecule has 0 radical (unpaired) electrons. The summed E-state index contributed by atoms with van der Waals surface area (Å²) in [5.41, 5.74) is 2.78. The molecule has 0 saturated carbocycles. The van der Waals surface area contributed by atoms with Gasteiger partial charge in [-0.2, -0.15) is 8.42 Å². The summed E-state index contributed by atoms with van der Waals surface area (Å²) in [6, 6.07) is 19.1. The summed E-state index contributed by atoms with van der Waals surface area (Å²) in [6.45, 7) is 5.85. The lowest BCUT2D eigenvalue weighted by atomic mass is 10.1. The smallest absolute Gasteiger partial charge is 0.339 e. The van der Waals surface area contributed by atoms with Crippen molar-refractivity contribution in [2.24, 2.45) is 0 Å². The second kappa shape index (κ2) is 11.1. The lowest BCUT2D eigenvalue weighted by molar-refractivity contribution is -0.132. The van der Waals surface area contributed by atoms with Gasteiger partial charge in [0.15, 0.2) is 11.5 Å². The van der Waals surface area contributed by atoms with E-state index in [1.807, 2.05) is 49.1 Å². The Labute approximate surface area is 218 Å². The second-order valence-electron chi connectivity index (χ2n) is 9.09. The van der Waals surface area contributed by atoms with Gasteiger partial charge in [0.25, 0.3) is 0 Å². The number of nitrogens with zero attached hydrogens (tertiary/aromatic N) is 2. The molecule has 1 heterocycles. The molecule has 4 rings (SSSR count).